The molecule has 0 aliphatic carbocycles. The molecule has 0 aromatic heterocycles. The van der Waals surface area contributed by atoms with E-state index >= 15 is 0 Å². The van der Waals surface area contributed by atoms with E-state index in [-0.39, 0.29) is 29.9 Å². The summed E-state index contributed by atoms with van der Waals surface area (Å²) in [5, 5.41) is 3.37. The van der Waals surface area contributed by atoms with Gasteiger partial charge in [0.1, 0.15) is 12.4 Å². The van der Waals surface area contributed by atoms with Crippen molar-refractivity contribution in [3.63, 3.8) is 0 Å². The minimum Gasteiger partial charge on any atom is -0.492 e. The lowest BCUT2D eigenvalue weighted by Gasteiger charge is -2.22. The van der Waals surface area contributed by atoms with E-state index in [1.54, 1.807) is 26.0 Å². The van der Waals surface area contributed by atoms with Crippen LogP contribution in [0.4, 0.5) is 0 Å². The van der Waals surface area contributed by atoms with E-state index < -0.39 is 0 Å². The highest BCUT2D eigenvalue weighted by Crippen LogP contribution is 2.11. The van der Waals surface area contributed by atoms with Crippen LogP contribution in [0, 0.1) is 6.92 Å². The lowest BCUT2D eigenvalue weighted by atomic mass is 10.1. The van der Waals surface area contributed by atoms with E-state index in [0.29, 0.717) is 12.2 Å². The summed E-state index contributed by atoms with van der Waals surface area (Å²) in [5.41, 5.74) is 3.05. The van der Waals surface area contributed by atoms with E-state index in [1.165, 1.54) is 5.56 Å². The van der Waals surface area contributed by atoms with Crippen molar-refractivity contribution >= 4 is 35.8 Å². The molecule has 0 heterocycles. The predicted molar refractivity (Wildman–Crippen MR) is 134 cm³/mol. The van der Waals surface area contributed by atoms with Crippen LogP contribution in [0.3, 0.4) is 0 Å². The van der Waals surface area contributed by atoms with E-state index in [0.717, 1.165) is 36.8 Å². The number of guanidine groups is 1. The molecule has 0 unspecified atom stereocenters. The highest BCUT2D eigenvalue weighted by molar-refractivity contribution is 14.0. The first-order chi connectivity index (χ1) is 13.9. The van der Waals surface area contributed by atoms with E-state index in [2.05, 4.69) is 17.2 Å². The summed E-state index contributed by atoms with van der Waals surface area (Å²) in [6.45, 7) is 4.09. The monoisotopic (exact) mass is 524 g/mol. The number of aliphatic imine (C=N–C) groups is 1. The Morgan fingerprint density at radius 2 is 1.80 bits per heavy atom. The second kappa shape index (κ2) is 13.1. The third kappa shape index (κ3) is 8.22. The molecule has 6 nitrogen and oxygen atoms in total. The molecule has 0 bridgehead atoms. The van der Waals surface area contributed by atoms with Crippen LogP contribution < -0.4 is 10.1 Å². The van der Waals surface area contributed by atoms with Gasteiger partial charge >= 0.3 is 0 Å². The fourth-order valence-corrected chi connectivity index (χ4v) is 2.86. The van der Waals surface area contributed by atoms with E-state index in [9.17, 15) is 4.79 Å². The minimum atomic E-state index is 0. The molecule has 1 N–H and O–H groups in total. The van der Waals surface area contributed by atoms with Gasteiger partial charge in [0.2, 0.25) is 0 Å². The summed E-state index contributed by atoms with van der Waals surface area (Å²) in [6, 6.07) is 15.8. The number of ether oxygens (including phenoxy) is 1. The molecule has 2 aromatic carbocycles. The number of halogens is 1. The molecule has 164 valence electrons. The van der Waals surface area contributed by atoms with Gasteiger partial charge in [0.05, 0.1) is 6.54 Å². The van der Waals surface area contributed by atoms with Crippen molar-refractivity contribution in [2.24, 2.45) is 4.99 Å². The van der Waals surface area contributed by atoms with Crippen LogP contribution in [0.25, 0.3) is 0 Å². The number of likely N-dealkylation sites (N-methyl/N-ethyl adjacent to an activating group) is 1. The molecule has 2 aromatic rings. The van der Waals surface area contributed by atoms with Gasteiger partial charge in [-0.05, 0) is 43.2 Å². The average Bonchev–Trinajstić information content (AvgIpc) is 2.72. The van der Waals surface area contributed by atoms with Crippen molar-refractivity contribution < 1.29 is 9.53 Å². The first kappa shape index (κ1) is 25.7. The first-order valence-corrected chi connectivity index (χ1v) is 9.82. The van der Waals surface area contributed by atoms with Crippen LogP contribution >= 0.6 is 24.0 Å². The maximum absolute atomic E-state index is 12.1. The third-order valence-corrected chi connectivity index (χ3v) is 4.57. The van der Waals surface area contributed by atoms with Crippen LogP contribution in [-0.4, -0.2) is 69.6 Å². The topological polar surface area (TPSA) is 57.2 Å². The van der Waals surface area contributed by atoms with Gasteiger partial charge < -0.3 is 19.9 Å². The van der Waals surface area contributed by atoms with Crippen LogP contribution in [-0.2, 0) is 6.42 Å². The van der Waals surface area contributed by atoms with Gasteiger partial charge in [-0.15, -0.1) is 24.0 Å². The molecule has 0 fully saturated rings. The third-order valence-electron chi connectivity index (χ3n) is 4.57. The van der Waals surface area contributed by atoms with Gasteiger partial charge in [0, 0.05) is 40.3 Å². The molecule has 0 atom stereocenters. The van der Waals surface area contributed by atoms with Crippen molar-refractivity contribution in [3.05, 3.63) is 65.2 Å². The molecule has 30 heavy (non-hydrogen) atoms. The number of carbonyl (C=O) groups is 1. The molecule has 0 aliphatic heterocycles. The van der Waals surface area contributed by atoms with E-state index in [1.807, 2.05) is 60.5 Å². The summed E-state index contributed by atoms with van der Waals surface area (Å²) < 4.78 is 5.79. The summed E-state index contributed by atoms with van der Waals surface area (Å²) >= 11 is 0. The van der Waals surface area contributed by atoms with Gasteiger partial charge in [-0.2, -0.15) is 0 Å². The number of benzene rings is 2. The Balaban J connectivity index is 0.00000450. The Morgan fingerprint density at radius 1 is 1.10 bits per heavy atom. The number of carbonyl (C=O) groups excluding carboxylic acids is 1. The molecular formula is C23H33IN4O2. The van der Waals surface area contributed by atoms with Gasteiger partial charge in [0.25, 0.3) is 5.91 Å². The molecule has 7 heteroatoms. The lowest BCUT2D eigenvalue weighted by molar-refractivity contribution is 0.0827. The summed E-state index contributed by atoms with van der Waals surface area (Å²) in [7, 11) is 7.29. The number of nitrogens with one attached hydrogen (secondary N) is 1. The molecule has 1 amide bonds. The maximum Gasteiger partial charge on any atom is 0.253 e. The number of nitrogens with zero attached hydrogens (tertiary/aromatic N) is 3. The normalized spacial score (nSPS) is 10.8. The Labute approximate surface area is 197 Å². The van der Waals surface area contributed by atoms with Gasteiger partial charge in [-0.1, -0.05) is 29.8 Å². The van der Waals surface area contributed by atoms with Gasteiger partial charge in [-0.3, -0.25) is 9.79 Å². The Kier molecular flexibility index (Phi) is 11.2. The summed E-state index contributed by atoms with van der Waals surface area (Å²) in [4.78, 5) is 20.1. The second-order valence-electron chi connectivity index (χ2n) is 7.21. The average molecular weight is 524 g/mol. The standard InChI is InChI=1S/C23H32N4O2.HI/c1-18-9-11-21(12-10-18)29-16-15-27(5)23(24-2)25-14-13-19-7-6-8-20(17-19)22(28)26(3)4;/h6-12,17H,13-16H2,1-5H3,(H,24,25);1H. The maximum atomic E-state index is 12.1. The Morgan fingerprint density at radius 3 is 2.43 bits per heavy atom. The Hall–Kier alpha value is -2.29. The van der Waals surface area contributed by atoms with E-state index in [4.69, 9.17) is 4.74 Å². The number of aryl methyl sites for hydroxylation is 1. The number of hydrogen-bond donors (Lipinski definition) is 1. The van der Waals surface area contributed by atoms with Crippen LogP contribution in [0.15, 0.2) is 53.5 Å². The number of amides is 1. The van der Waals surface area contributed by atoms with Crippen molar-refractivity contribution in [1.29, 1.82) is 0 Å². The molecule has 0 radical (unpaired) electrons. The summed E-state index contributed by atoms with van der Waals surface area (Å²) in [5.74, 6) is 1.71. The SMILES string of the molecule is CN=C(NCCc1cccc(C(=O)N(C)C)c1)N(C)CCOc1ccc(C)cc1.I. The summed E-state index contributed by atoms with van der Waals surface area (Å²) in [6.07, 6.45) is 0.807. The van der Waals surface area contributed by atoms with Crippen molar-refractivity contribution in [2.45, 2.75) is 13.3 Å². The molecule has 0 spiro atoms. The van der Waals surface area contributed by atoms with Crippen LogP contribution in [0.2, 0.25) is 0 Å². The fourth-order valence-electron chi connectivity index (χ4n) is 2.86. The number of hydrogen-bond acceptors (Lipinski definition) is 3. The molecule has 2 rings (SSSR count). The largest absolute Gasteiger partial charge is 0.492 e. The van der Waals surface area contributed by atoms with Crippen molar-refractivity contribution in [3.8, 4) is 5.75 Å². The fraction of sp³-hybridized carbons (Fsp3) is 0.391. The minimum absolute atomic E-state index is 0. The van der Waals surface area contributed by atoms with Crippen molar-refractivity contribution in [2.75, 3.05) is 47.9 Å². The van der Waals surface area contributed by atoms with Gasteiger partial charge in [-0.25, -0.2) is 0 Å². The quantitative estimate of drug-likeness (QED) is 0.327. The zero-order chi connectivity index (χ0) is 21.2. The number of rotatable bonds is 8. The first-order valence-electron chi connectivity index (χ1n) is 9.82. The van der Waals surface area contributed by atoms with Crippen LogP contribution in [0.1, 0.15) is 21.5 Å². The zero-order valence-corrected chi connectivity index (χ0v) is 20.8. The molecule has 0 saturated heterocycles. The highest BCUT2D eigenvalue weighted by Gasteiger charge is 2.09. The predicted octanol–water partition coefficient (Wildman–Crippen LogP) is 3.44. The van der Waals surface area contributed by atoms with Gasteiger partial charge in [0.15, 0.2) is 5.96 Å². The molecule has 0 saturated carbocycles. The Bertz CT molecular complexity index is 822. The highest BCUT2D eigenvalue weighted by atomic mass is 127. The molecular weight excluding hydrogens is 491 g/mol. The molecule has 0 aliphatic rings. The smallest absolute Gasteiger partial charge is 0.253 e. The lowest BCUT2D eigenvalue weighted by Crippen LogP contribution is -2.41. The zero-order valence-electron chi connectivity index (χ0n) is 18.5. The van der Waals surface area contributed by atoms with Crippen molar-refractivity contribution in [1.82, 2.24) is 15.1 Å². The second-order valence-corrected chi connectivity index (χ2v) is 7.21. The van der Waals surface area contributed by atoms with Crippen LogP contribution in [0.5, 0.6) is 5.75 Å².